The number of nitrogens with one attached hydrogen (secondary N) is 2. The first-order valence-corrected chi connectivity index (χ1v) is 14.2. The molecular weight excluding hydrogens is 514 g/mol. The number of rotatable bonds is 7. The fourth-order valence-corrected chi connectivity index (χ4v) is 4.75. The number of carbonyl (C=O) groups is 1. The molecule has 1 amide bonds. The van der Waals surface area contributed by atoms with Crippen LogP contribution < -0.4 is 21.4 Å². The largest absolute Gasteiger partial charge is 0.449 e. The first-order valence-electron chi connectivity index (χ1n) is 14.2. The molecule has 0 bridgehead atoms. The van der Waals surface area contributed by atoms with Gasteiger partial charge in [-0.25, -0.2) is 19.3 Å². The van der Waals surface area contributed by atoms with Crippen LogP contribution in [-0.4, -0.2) is 45.4 Å². The van der Waals surface area contributed by atoms with Crippen molar-refractivity contribution in [1.82, 2.24) is 19.9 Å². The van der Waals surface area contributed by atoms with Crippen LogP contribution in [-0.2, 0) is 31.7 Å². The number of hydrogen-bond acceptors (Lipinski definition) is 5. The first-order chi connectivity index (χ1) is 19.5. The van der Waals surface area contributed by atoms with Gasteiger partial charge in [0.05, 0.1) is 13.4 Å². The number of aromatic nitrogens is 4. The lowest BCUT2D eigenvalue weighted by molar-refractivity contribution is -0.670. The van der Waals surface area contributed by atoms with Crippen molar-refractivity contribution in [1.29, 1.82) is 0 Å². The molecule has 0 saturated carbocycles. The molecule has 2 unspecified atom stereocenters. The average molecular weight is 561 g/mol. The number of imidazole rings is 2. The van der Waals surface area contributed by atoms with Crippen molar-refractivity contribution in [3.63, 3.8) is 0 Å². The minimum Gasteiger partial charge on any atom is -0.449 e. The fraction of sp³-hybridized carbons (Fsp3) is 0.406. The summed E-state index contributed by atoms with van der Waals surface area (Å²) in [7, 11) is 3.96. The highest BCUT2D eigenvalue weighted by Gasteiger charge is 2.29. The minimum atomic E-state index is -0.355. The monoisotopic (exact) mass is 560 g/mol. The second kappa shape index (κ2) is 15.2. The predicted molar refractivity (Wildman–Crippen MR) is 163 cm³/mol. The number of benzene rings is 2. The lowest BCUT2D eigenvalue weighted by Crippen LogP contribution is -2.31. The number of nitrogens with zero attached hydrogens (tertiary/aromatic N) is 3. The summed E-state index contributed by atoms with van der Waals surface area (Å²) in [6.45, 7) is 8.20. The van der Waals surface area contributed by atoms with Crippen LogP contribution in [0.2, 0.25) is 0 Å². The zero-order valence-electron chi connectivity index (χ0n) is 25.2. The van der Waals surface area contributed by atoms with Gasteiger partial charge in [0.15, 0.2) is 0 Å². The molecule has 9 heteroatoms. The van der Waals surface area contributed by atoms with E-state index in [0.717, 1.165) is 12.8 Å². The third-order valence-corrected chi connectivity index (χ3v) is 6.55. The van der Waals surface area contributed by atoms with Crippen LogP contribution >= 0.6 is 0 Å². The number of aryl methyl sites for hydroxylation is 2. The van der Waals surface area contributed by atoms with Crippen LogP contribution in [0.5, 0.6) is 0 Å². The van der Waals surface area contributed by atoms with Gasteiger partial charge in [0.25, 0.3) is 0 Å². The average Bonchev–Trinajstić information content (AvgIpc) is 3.60. The zero-order chi connectivity index (χ0) is 29.9. The van der Waals surface area contributed by atoms with E-state index >= 15 is 0 Å². The molecule has 41 heavy (non-hydrogen) atoms. The Labute approximate surface area is 243 Å². The van der Waals surface area contributed by atoms with E-state index in [1.54, 1.807) is 6.33 Å². The minimum absolute atomic E-state index is 0.0839. The number of fused-ring (bicyclic) bond motifs is 3. The summed E-state index contributed by atoms with van der Waals surface area (Å²) >= 11 is 0. The summed E-state index contributed by atoms with van der Waals surface area (Å²) < 4.78 is 9.37. The van der Waals surface area contributed by atoms with Gasteiger partial charge in [-0.1, -0.05) is 48.5 Å². The molecule has 220 valence electrons. The summed E-state index contributed by atoms with van der Waals surface area (Å²) in [5, 5.41) is 2.75. The van der Waals surface area contributed by atoms with E-state index in [9.17, 15) is 4.79 Å². The Morgan fingerprint density at radius 3 is 2.07 bits per heavy atom. The number of alkyl carbamates (subject to hydrolysis) is 1. The maximum Gasteiger partial charge on any atom is 0.407 e. The topological polar surface area (TPSA) is 128 Å². The van der Waals surface area contributed by atoms with Crippen molar-refractivity contribution in [2.24, 2.45) is 25.6 Å². The summed E-state index contributed by atoms with van der Waals surface area (Å²) in [4.78, 5) is 18.8. The molecule has 1 aliphatic rings. The Bertz CT molecular complexity index is 1330. The van der Waals surface area contributed by atoms with E-state index in [-0.39, 0.29) is 30.1 Å². The molecule has 4 aromatic rings. The molecule has 6 N–H and O–H groups in total. The number of ether oxygens (including phenoxy) is 1. The number of nitrogens with two attached hydrogens (primary N) is 2. The summed E-state index contributed by atoms with van der Waals surface area (Å²) in [6, 6.07) is 17.2. The molecule has 2 heterocycles. The highest BCUT2D eigenvalue weighted by atomic mass is 16.5. The van der Waals surface area contributed by atoms with E-state index in [1.807, 2.05) is 93.9 Å². The second-order valence-electron chi connectivity index (χ2n) is 11.1. The van der Waals surface area contributed by atoms with E-state index in [1.165, 1.54) is 33.6 Å². The van der Waals surface area contributed by atoms with E-state index in [4.69, 9.17) is 16.2 Å². The van der Waals surface area contributed by atoms with Gasteiger partial charge in [-0.15, -0.1) is 0 Å². The number of carbonyl (C=O) groups excluding carboxylic acids is 1. The van der Waals surface area contributed by atoms with Gasteiger partial charge in [-0.2, -0.15) is 0 Å². The third-order valence-electron chi connectivity index (χ3n) is 6.55. The summed E-state index contributed by atoms with van der Waals surface area (Å²) in [5.74, 6) is 0.121. The van der Waals surface area contributed by atoms with E-state index in [2.05, 4.69) is 39.6 Å². The molecule has 2 aromatic carbocycles. The van der Waals surface area contributed by atoms with Crippen LogP contribution in [0.15, 0.2) is 73.6 Å². The van der Waals surface area contributed by atoms with Crippen molar-refractivity contribution in [3.05, 3.63) is 96.1 Å². The Balaban J connectivity index is 0.000000193. The van der Waals surface area contributed by atoms with Gasteiger partial charge in [-0.3, -0.25) is 0 Å². The van der Waals surface area contributed by atoms with Gasteiger partial charge < -0.3 is 26.1 Å². The number of H-pyrrole nitrogens is 1. The van der Waals surface area contributed by atoms with Crippen molar-refractivity contribution in [3.8, 4) is 11.1 Å². The van der Waals surface area contributed by atoms with Gasteiger partial charge in [0, 0.05) is 55.8 Å². The SMILES string of the molecule is CC(C)NC(=O)OCC1c2ccccc2-c2ccccc21.CC(N)Cc1c[n+](C)c[nH]1.CC(N)Cc1cncn1C. The molecular formula is C32H46N7O2+. The lowest BCUT2D eigenvalue weighted by Gasteiger charge is -2.15. The number of aromatic amines is 1. The maximum atomic E-state index is 11.7. The van der Waals surface area contributed by atoms with Gasteiger partial charge in [-0.05, 0) is 49.9 Å². The Hall–Kier alpha value is -3.95. The van der Waals surface area contributed by atoms with Crippen molar-refractivity contribution in [2.75, 3.05) is 6.61 Å². The first kappa shape index (κ1) is 31.6. The highest BCUT2D eigenvalue weighted by molar-refractivity contribution is 5.79. The fourth-order valence-electron chi connectivity index (χ4n) is 4.75. The molecule has 0 fully saturated rings. The predicted octanol–water partition coefficient (Wildman–Crippen LogP) is 3.97. The molecule has 2 aromatic heterocycles. The Morgan fingerprint density at radius 2 is 1.61 bits per heavy atom. The zero-order valence-corrected chi connectivity index (χ0v) is 25.2. The van der Waals surface area contributed by atoms with Crippen LogP contribution in [0.1, 0.15) is 56.1 Å². The molecule has 0 spiro atoms. The molecule has 0 radical (unpaired) electrons. The molecule has 2 atom stereocenters. The lowest BCUT2D eigenvalue weighted by atomic mass is 9.98. The van der Waals surface area contributed by atoms with Gasteiger partial charge >= 0.3 is 6.09 Å². The normalized spacial score (nSPS) is 13.2. The molecule has 0 saturated heterocycles. The summed E-state index contributed by atoms with van der Waals surface area (Å²) in [5.41, 5.74) is 18.5. The van der Waals surface area contributed by atoms with Crippen LogP contribution in [0, 0.1) is 0 Å². The Kier molecular flexibility index (Phi) is 11.7. The third kappa shape index (κ3) is 9.58. The van der Waals surface area contributed by atoms with Crippen molar-refractivity contribution >= 4 is 6.09 Å². The smallest absolute Gasteiger partial charge is 0.407 e. The molecule has 9 nitrogen and oxygen atoms in total. The van der Waals surface area contributed by atoms with Gasteiger partial charge in [0.1, 0.15) is 18.5 Å². The quantitative estimate of drug-likeness (QED) is 0.254. The second-order valence-corrected chi connectivity index (χ2v) is 11.1. The highest BCUT2D eigenvalue weighted by Crippen LogP contribution is 2.44. The van der Waals surface area contributed by atoms with Crippen LogP contribution in [0.25, 0.3) is 11.1 Å². The maximum absolute atomic E-state index is 11.7. The van der Waals surface area contributed by atoms with E-state index < -0.39 is 0 Å². The standard InChI is InChI=1S/C18H19NO2.2C7H13N3/c1-12(2)19-18(20)21-11-17-15-9-5-3-7-13(15)14-8-4-6-10-16(14)17;1-6(8)3-7-4-10(2)5-9-7;1-6(8)3-7-4-9-5-10(7)2/h3-10,12,17H,11H2,1-2H3,(H,19,20);2*4-6H,3,8H2,1-2H3/p+1. The van der Waals surface area contributed by atoms with Crippen LogP contribution in [0.3, 0.4) is 0 Å². The molecule has 5 rings (SSSR count). The summed E-state index contributed by atoms with van der Waals surface area (Å²) in [6.07, 6.45) is 9.06. The van der Waals surface area contributed by atoms with Gasteiger partial charge in [0.2, 0.25) is 6.33 Å². The van der Waals surface area contributed by atoms with Crippen molar-refractivity contribution < 1.29 is 14.1 Å². The van der Waals surface area contributed by atoms with Crippen molar-refractivity contribution in [2.45, 2.75) is 64.6 Å². The van der Waals surface area contributed by atoms with E-state index in [0.29, 0.717) is 6.61 Å². The molecule has 0 aliphatic heterocycles. The number of hydrogen-bond donors (Lipinski definition) is 4. The molecule has 1 aliphatic carbocycles. The van der Waals surface area contributed by atoms with Crippen LogP contribution in [0.4, 0.5) is 4.79 Å². The number of amides is 1. The Morgan fingerprint density at radius 1 is 1.02 bits per heavy atom.